The average Bonchev–Trinajstić information content (AvgIpc) is 3.33. The summed E-state index contributed by atoms with van der Waals surface area (Å²) >= 11 is 0. The number of benzene rings is 2. The Morgan fingerprint density at radius 1 is 0.943 bits per heavy atom. The lowest BCUT2D eigenvalue weighted by molar-refractivity contribution is -0.122. The van der Waals surface area contributed by atoms with E-state index in [9.17, 15) is 4.79 Å². The van der Waals surface area contributed by atoms with Gasteiger partial charge in [-0.25, -0.2) is 0 Å². The van der Waals surface area contributed by atoms with Crippen LogP contribution in [0, 0.1) is 0 Å². The lowest BCUT2D eigenvalue weighted by Gasteiger charge is -2.15. The minimum Gasteiger partial charge on any atom is -0.497 e. The minimum absolute atomic E-state index is 0.265. The zero-order valence-electron chi connectivity index (χ0n) is 19.1. The third-order valence-corrected chi connectivity index (χ3v) is 5.35. The first-order valence-electron chi connectivity index (χ1n) is 11.0. The number of rotatable bonds is 7. The predicted octanol–water partition coefficient (Wildman–Crippen LogP) is 4.27. The van der Waals surface area contributed by atoms with Crippen LogP contribution in [-0.2, 0) is 4.79 Å². The van der Waals surface area contributed by atoms with Crippen LogP contribution < -0.4 is 14.8 Å². The van der Waals surface area contributed by atoms with Crippen LogP contribution >= 0.6 is 0 Å². The Bertz CT molecular complexity index is 1470. The standard InChI is InChI=1S/C26H22N6O3/c1-17(35-22-10-8-21(34-2)9-11-22)26(33)28-20-7-3-5-18(15-20)23-12-13-24-29-30-25(32(24)31-23)19-6-4-14-27-16-19/h3-17H,1-2H3,(H,28,33). The average molecular weight is 467 g/mol. The van der Waals surface area contributed by atoms with E-state index in [0.717, 1.165) is 16.9 Å². The molecule has 0 aliphatic carbocycles. The second-order valence-electron chi connectivity index (χ2n) is 7.76. The highest BCUT2D eigenvalue weighted by Gasteiger charge is 2.16. The monoisotopic (exact) mass is 466 g/mol. The van der Waals surface area contributed by atoms with Gasteiger partial charge in [0.05, 0.1) is 12.8 Å². The largest absolute Gasteiger partial charge is 0.497 e. The Morgan fingerprint density at radius 2 is 1.74 bits per heavy atom. The van der Waals surface area contributed by atoms with E-state index >= 15 is 0 Å². The highest BCUT2D eigenvalue weighted by molar-refractivity contribution is 5.94. The number of pyridine rings is 1. The molecule has 0 saturated carbocycles. The van der Waals surface area contributed by atoms with E-state index < -0.39 is 6.10 Å². The molecule has 9 heteroatoms. The first-order valence-corrected chi connectivity index (χ1v) is 11.0. The number of hydrogen-bond acceptors (Lipinski definition) is 7. The molecule has 1 amide bonds. The van der Waals surface area contributed by atoms with Gasteiger partial charge in [0.25, 0.3) is 5.91 Å². The molecule has 35 heavy (non-hydrogen) atoms. The first kappa shape index (κ1) is 22.0. The third-order valence-electron chi connectivity index (χ3n) is 5.35. The zero-order chi connectivity index (χ0) is 24.2. The molecule has 0 saturated heterocycles. The fraction of sp³-hybridized carbons (Fsp3) is 0.115. The molecule has 1 atom stereocenters. The van der Waals surface area contributed by atoms with E-state index in [1.165, 1.54) is 0 Å². The summed E-state index contributed by atoms with van der Waals surface area (Å²) in [5, 5.41) is 16.1. The molecule has 5 aromatic rings. The van der Waals surface area contributed by atoms with Crippen molar-refractivity contribution in [1.82, 2.24) is 24.8 Å². The topological polar surface area (TPSA) is 104 Å². The lowest BCUT2D eigenvalue weighted by Crippen LogP contribution is -2.30. The maximum atomic E-state index is 12.7. The summed E-state index contributed by atoms with van der Waals surface area (Å²) in [6.45, 7) is 1.70. The number of hydrogen-bond donors (Lipinski definition) is 1. The molecule has 3 aromatic heterocycles. The van der Waals surface area contributed by atoms with Gasteiger partial charge in [-0.1, -0.05) is 12.1 Å². The zero-order valence-corrected chi connectivity index (χ0v) is 19.1. The quantitative estimate of drug-likeness (QED) is 0.382. The Morgan fingerprint density at radius 3 is 2.51 bits per heavy atom. The van der Waals surface area contributed by atoms with Crippen molar-refractivity contribution in [3.05, 3.63) is 85.2 Å². The molecule has 1 unspecified atom stereocenters. The minimum atomic E-state index is -0.694. The molecule has 0 fully saturated rings. The summed E-state index contributed by atoms with van der Waals surface area (Å²) in [5.74, 6) is 1.64. The van der Waals surface area contributed by atoms with E-state index in [0.29, 0.717) is 28.6 Å². The van der Waals surface area contributed by atoms with Gasteiger partial charge in [0.1, 0.15) is 11.5 Å². The molecule has 174 valence electrons. The molecule has 0 aliphatic rings. The molecular weight excluding hydrogens is 444 g/mol. The van der Waals surface area contributed by atoms with Crippen LogP contribution in [0.5, 0.6) is 11.5 Å². The maximum Gasteiger partial charge on any atom is 0.265 e. The van der Waals surface area contributed by atoms with Crippen LogP contribution in [0.4, 0.5) is 5.69 Å². The van der Waals surface area contributed by atoms with Gasteiger partial charge in [-0.2, -0.15) is 9.61 Å². The molecule has 0 aliphatic heterocycles. The third kappa shape index (κ3) is 4.79. The summed E-state index contributed by atoms with van der Waals surface area (Å²) in [6, 6.07) is 22.0. The van der Waals surface area contributed by atoms with E-state index in [-0.39, 0.29) is 5.91 Å². The SMILES string of the molecule is COc1ccc(OC(C)C(=O)Nc2cccc(-c3ccc4nnc(-c5cccnc5)n4n3)c2)cc1. The molecule has 9 nitrogen and oxygen atoms in total. The van der Waals surface area contributed by atoms with Gasteiger partial charge in [-0.15, -0.1) is 10.2 Å². The van der Waals surface area contributed by atoms with Gasteiger partial charge in [-0.05, 0) is 67.6 Å². The van der Waals surface area contributed by atoms with Gasteiger partial charge >= 0.3 is 0 Å². The lowest BCUT2D eigenvalue weighted by atomic mass is 10.1. The summed E-state index contributed by atoms with van der Waals surface area (Å²) in [6.07, 6.45) is 2.73. The fourth-order valence-electron chi connectivity index (χ4n) is 3.53. The number of ether oxygens (including phenoxy) is 2. The van der Waals surface area contributed by atoms with Crippen LogP contribution in [0.15, 0.2) is 85.2 Å². The van der Waals surface area contributed by atoms with E-state index in [1.54, 1.807) is 55.2 Å². The van der Waals surface area contributed by atoms with E-state index in [1.807, 2.05) is 48.5 Å². The molecule has 1 N–H and O–H groups in total. The number of aromatic nitrogens is 5. The molecule has 2 aromatic carbocycles. The maximum absolute atomic E-state index is 12.7. The Kier molecular flexibility index (Phi) is 6.04. The van der Waals surface area contributed by atoms with Crippen LogP contribution in [0.2, 0.25) is 0 Å². The number of carbonyl (C=O) groups is 1. The van der Waals surface area contributed by atoms with Crippen molar-refractivity contribution >= 4 is 17.2 Å². The van der Waals surface area contributed by atoms with Gasteiger partial charge < -0.3 is 14.8 Å². The van der Waals surface area contributed by atoms with E-state index in [2.05, 4.69) is 20.5 Å². The fourth-order valence-corrected chi connectivity index (χ4v) is 3.53. The Labute approximate surface area is 201 Å². The number of nitrogens with one attached hydrogen (secondary N) is 1. The molecular formula is C26H22N6O3. The van der Waals surface area contributed by atoms with Crippen molar-refractivity contribution < 1.29 is 14.3 Å². The number of fused-ring (bicyclic) bond motifs is 1. The number of amides is 1. The van der Waals surface area contributed by atoms with Crippen LogP contribution in [0.3, 0.4) is 0 Å². The predicted molar refractivity (Wildman–Crippen MR) is 131 cm³/mol. The highest BCUT2D eigenvalue weighted by Crippen LogP contribution is 2.24. The van der Waals surface area contributed by atoms with Gasteiger partial charge in [0.15, 0.2) is 17.6 Å². The molecule has 0 spiro atoms. The Hall–Kier alpha value is -4.79. The van der Waals surface area contributed by atoms with Crippen molar-refractivity contribution in [1.29, 1.82) is 0 Å². The number of anilines is 1. The first-order chi connectivity index (χ1) is 17.1. The van der Waals surface area contributed by atoms with Crippen molar-refractivity contribution in [3.63, 3.8) is 0 Å². The number of nitrogens with zero attached hydrogens (tertiary/aromatic N) is 5. The van der Waals surface area contributed by atoms with Crippen molar-refractivity contribution in [2.75, 3.05) is 12.4 Å². The second kappa shape index (κ2) is 9.60. The summed E-state index contributed by atoms with van der Waals surface area (Å²) < 4.78 is 12.6. The summed E-state index contributed by atoms with van der Waals surface area (Å²) in [7, 11) is 1.60. The smallest absolute Gasteiger partial charge is 0.265 e. The molecule has 0 radical (unpaired) electrons. The van der Waals surface area contributed by atoms with E-state index in [4.69, 9.17) is 14.6 Å². The normalized spacial score (nSPS) is 11.7. The van der Waals surface area contributed by atoms with Crippen LogP contribution in [-0.4, -0.2) is 43.9 Å². The van der Waals surface area contributed by atoms with Gasteiger partial charge in [-0.3, -0.25) is 9.78 Å². The molecule has 3 heterocycles. The van der Waals surface area contributed by atoms with Crippen molar-refractivity contribution in [2.45, 2.75) is 13.0 Å². The summed E-state index contributed by atoms with van der Waals surface area (Å²) in [5.41, 5.74) is 3.62. The second-order valence-corrected chi connectivity index (χ2v) is 7.76. The van der Waals surface area contributed by atoms with Gasteiger partial charge in [0.2, 0.25) is 0 Å². The Balaban J connectivity index is 1.34. The number of carbonyl (C=O) groups excluding carboxylic acids is 1. The van der Waals surface area contributed by atoms with Crippen LogP contribution in [0.25, 0.3) is 28.3 Å². The number of methoxy groups -OCH3 is 1. The van der Waals surface area contributed by atoms with Crippen LogP contribution in [0.1, 0.15) is 6.92 Å². The molecule has 5 rings (SSSR count). The van der Waals surface area contributed by atoms with Crippen molar-refractivity contribution in [2.24, 2.45) is 0 Å². The highest BCUT2D eigenvalue weighted by atomic mass is 16.5. The molecule has 0 bridgehead atoms. The summed E-state index contributed by atoms with van der Waals surface area (Å²) in [4.78, 5) is 16.9. The van der Waals surface area contributed by atoms with Crippen molar-refractivity contribution in [3.8, 4) is 34.1 Å². The van der Waals surface area contributed by atoms with Gasteiger partial charge in [0, 0.05) is 29.2 Å².